The van der Waals surface area contributed by atoms with Gasteiger partial charge in [0.2, 0.25) is 5.91 Å². The van der Waals surface area contributed by atoms with E-state index in [0.717, 1.165) is 6.07 Å². The van der Waals surface area contributed by atoms with Gasteiger partial charge in [0.05, 0.1) is 42.2 Å². The Labute approximate surface area is 199 Å². The molecule has 2 aromatic heterocycles. The highest BCUT2D eigenvalue weighted by molar-refractivity contribution is 6.06. The molecule has 0 bridgehead atoms. The first-order valence-corrected chi connectivity index (χ1v) is 11.0. The number of methoxy groups -OCH3 is 2. The second kappa shape index (κ2) is 9.38. The van der Waals surface area contributed by atoms with E-state index in [9.17, 15) is 23.1 Å². The standard InChI is InChI=1S/C24H26F3N3O5/c1-13(12-33-3)29-10-9-17-23(29)22(30-19(31)7-8-20(30)32)14(2)21(28-17)16-6-5-15(11-18(16)34-4)35-24(25,26)27/h5-6,9-11,13,19,31H,7-8,12H2,1-4H3/t13-,19?/m0/s1. The molecule has 188 valence electrons. The topological polar surface area (TPSA) is 86.1 Å². The molecule has 35 heavy (non-hydrogen) atoms. The van der Waals surface area contributed by atoms with Gasteiger partial charge in [-0.3, -0.25) is 9.69 Å². The van der Waals surface area contributed by atoms with Crippen molar-refractivity contribution in [1.29, 1.82) is 0 Å². The van der Waals surface area contributed by atoms with Crippen LogP contribution in [0.25, 0.3) is 22.3 Å². The van der Waals surface area contributed by atoms with E-state index in [2.05, 4.69) is 4.74 Å². The number of amides is 1. The third-order valence-corrected chi connectivity index (χ3v) is 6.03. The van der Waals surface area contributed by atoms with E-state index >= 15 is 0 Å². The van der Waals surface area contributed by atoms with Crippen molar-refractivity contribution < 1.29 is 37.3 Å². The van der Waals surface area contributed by atoms with Crippen LogP contribution in [0.15, 0.2) is 30.5 Å². The number of pyridine rings is 1. The maximum absolute atomic E-state index is 12.8. The second-order valence-corrected chi connectivity index (χ2v) is 8.39. The molecular weight excluding hydrogens is 467 g/mol. The second-order valence-electron chi connectivity index (χ2n) is 8.39. The number of hydrogen-bond donors (Lipinski definition) is 1. The number of aliphatic hydroxyl groups is 1. The Balaban J connectivity index is 1.96. The molecule has 3 heterocycles. The Kier molecular flexibility index (Phi) is 6.65. The Morgan fingerprint density at radius 1 is 1.26 bits per heavy atom. The summed E-state index contributed by atoms with van der Waals surface area (Å²) in [7, 11) is 2.93. The van der Waals surface area contributed by atoms with E-state index in [-0.39, 0.29) is 24.1 Å². The number of carbonyl (C=O) groups excluding carboxylic acids is 1. The van der Waals surface area contributed by atoms with Crippen LogP contribution < -0.4 is 14.4 Å². The van der Waals surface area contributed by atoms with Crippen LogP contribution in [0.3, 0.4) is 0 Å². The number of benzene rings is 1. The Hall–Kier alpha value is -3.31. The molecule has 1 N–H and O–H groups in total. The number of halogens is 3. The largest absolute Gasteiger partial charge is 0.573 e. The third kappa shape index (κ3) is 4.65. The fourth-order valence-electron chi connectivity index (χ4n) is 4.52. The lowest BCUT2D eigenvalue weighted by molar-refractivity contribution is -0.274. The zero-order valence-electron chi connectivity index (χ0n) is 19.7. The lowest BCUT2D eigenvalue weighted by Gasteiger charge is -2.27. The van der Waals surface area contributed by atoms with Crippen LogP contribution in [0.2, 0.25) is 0 Å². The van der Waals surface area contributed by atoms with Crippen molar-refractivity contribution in [2.24, 2.45) is 0 Å². The average Bonchev–Trinajstić information content (AvgIpc) is 3.36. The van der Waals surface area contributed by atoms with Crippen LogP contribution in [0.5, 0.6) is 11.5 Å². The van der Waals surface area contributed by atoms with Gasteiger partial charge in [-0.25, -0.2) is 4.98 Å². The van der Waals surface area contributed by atoms with Crippen molar-refractivity contribution in [2.75, 3.05) is 25.7 Å². The molecule has 1 aliphatic rings. The SMILES string of the molecule is COC[C@H](C)n1ccc2nc(-c3ccc(OC(F)(F)F)cc3OC)c(C)c(N3C(=O)CCC3O)c21. The van der Waals surface area contributed by atoms with Crippen LogP contribution in [-0.2, 0) is 9.53 Å². The fourth-order valence-corrected chi connectivity index (χ4v) is 4.52. The summed E-state index contributed by atoms with van der Waals surface area (Å²) in [6.07, 6.45) is -3.54. The molecule has 0 radical (unpaired) electrons. The van der Waals surface area contributed by atoms with Crippen molar-refractivity contribution in [3.8, 4) is 22.8 Å². The maximum atomic E-state index is 12.8. The lowest BCUT2D eigenvalue weighted by atomic mass is 10.0. The van der Waals surface area contributed by atoms with Gasteiger partial charge in [-0.2, -0.15) is 0 Å². The monoisotopic (exact) mass is 493 g/mol. The molecular formula is C24H26F3N3O5. The molecule has 1 unspecified atom stereocenters. The number of carbonyl (C=O) groups is 1. The number of aromatic nitrogens is 2. The summed E-state index contributed by atoms with van der Waals surface area (Å²) in [5.41, 5.74) is 3.09. The molecule has 1 fully saturated rings. The van der Waals surface area contributed by atoms with Crippen molar-refractivity contribution in [3.63, 3.8) is 0 Å². The van der Waals surface area contributed by atoms with Crippen molar-refractivity contribution in [3.05, 3.63) is 36.0 Å². The van der Waals surface area contributed by atoms with Crippen LogP contribution in [-0.4, -0.2) is 54.0 Å². The number of nitrogens with zero attached hydrogens (tertiary/aromatic N) is 3. The van der Waals surface area contributed by atoms with E-state index in [1.54, 1.807) is 20.1 Å². The van der Waals surface area contributed by atoms with Gasteiger partial charge in [-0.1, -0.05) is 0 Å². The normalized spacial score (nSPS) is 17.3. The summed E-state index contributed by atoms with van der Waals surface area (Å²) < 4.78 is 54.8. The van der Waals surface area contributed by atoms with Crippen LogP contribution in [0.1, 0.15) is 31.4 Å². The van der Waals surface area contributed by atoms with Gasteiger partial charge in [-0.05, 0) is 32.0 Å². The van der Waals surface area contributed by atoms with Gasteiger partial charge in [0, 0.05) is 43.3 Å². The molecule has 1 amide bonds. The van der Waals surface area contributed by atoms with Crippen LogP contribution in [0, 0.1) is 6.92 Å². The predicted octanol–water partition coefficient (Wildman–Crippen LogP) is 4.57. The van der Waals surface area contributed by atoms with Crippen molar-refractivity contribution >= 4 is 22.6 Å². The van der Waals surface area contributed by atoms with E-state index in [1.165, 1.54) is 24.1 Å². The van der Waals surface area contributed by atoms with E-state index in [1.807, 2.05) is 17.7 Å². The van der Waals surface area contributed by atoms with Crippen LogP contribution in [0.4, 0.5) is 18.9 Å². The number of rotatable bonds is 7. The van der Waals surface area contributed by atoms with E-state index in [4.69, 9.17) is 14.5 Å². The first kappa shape index (κ1) is 24.8. The molecule has 1 aromatic carbocycles. The molecule has 0 saturated carbocycles. The number of ether oxygens (including phenoxy) is 3. The Bertz CT molecular complexity index is 1260. The van der Waals surface area contributed by atoms with Gasteiger partial charge in [0.25, 0.3) is 0 Å². The van der Waals surface area contributed by atoms with Crippen LogP contribution >= 0.6 is 0 Å². The Morgan fingerprint density at radius 2 is 2.00 bits per heavy atom. The van der Waals surface area contributed by atoms with Crippen molar-refractivity contribution in [2.45, 2.75) is 45.3 Å². The highest BCUT2D eigenvalue weighted by atomic mass is 19.4. The summed E-state index contributed by atoms with van der Waals surface area (Å²) >= 11 is 0. The number of fused-ring (bicyclic) bond motifs is 1. The van der Waals surface area contributed by atoms with E-state index < -0.39 is 18.3 Å². The summed E-state index contributed by atoms with van der Waals surface area (Å²) in [6, 6.07) is 5.44. The zero-order valence-corrected chi connectivity index (χ0v) is 19.7. The van der Waals surface area contributed by atoms with Gasteiger partial charge in [0.1, 0.15) is 17.7 Å². The van der Waals surface area contributed by atoms with E-state index in [0.29, 0.717) is 46.6 Å². The summed E-state index contributed by atoms with van der Waals surface area (Å²) in [5, 5.41) is 10.7. The molecule has 3 aromatic rings. The predicted molar refractivity (Wildman–Crippen MR) is 122 cm³/mol. The van der Waals surface area contributed by atoms with Crippen molar-refractivity contribution in [1.82, 2.24) is 9.55 Å². The summed E-state index contributed by atoms with van der Waals surface area (Å²) in [6.45, 7) is 4.13. The molecule has 0 spiro atoms. The number of anilines is 1. The van der Waals surface area contributed by atoms with Gasteiger partial charge >= 0.3 is 6.36 Å². The first-order valence-electron chi connectivity index (χ1n) is 11.0. The molecule has 2 atom stereocenters. The fraction of sp³-hybridized carbons (Fsp3) is 0.417. The Morgan fingerprint density at radius 3 is 2.60 bits per heavy atom. The average molecular weight is 493 g/mol. The smallest absolute Gasteiger partial charge is 0.496 e. The lowest BCUT2D eigenvalue weighted by Crippen LogP contribution is -2.34. The molecule has 8 nitrogen and oxygen atoms in total. The van der Waals surface area contributed by atoms with Gasteiger partial charge in [0.15, 0.2) is 0 Å². The molecule has 4 rings (SSSR count). The molecule has 1 saturated heterocycles. The van der Waals surface area contributed by atoms with Gasteiger partial charge in [-0.15, -0.1) is 13.2 Å². The minimum Gasteiger partial charge on any atom is -0.496 e. The highest BCUT2D eigenvalue weighted by Crippen LogP contribution is 2.43. The molecule has 1 aliphatic heterocycles. The minimum atomic E-state index is -4.85. The zero-order chi connectivity index (χ0) is 25.5. The van der Waals surface area contributed by atoms with Gasteiger partial charge < -0.3 is 23.9 Å². The highest BCUT2D eigenvalue weighted by Gasteiger charge is 2.36. The maximum Gasteiger partial charge on any atom is 0.573 e. The number of hydrogen-bond acceptors (Lipinski definition) is 6. The summed E-state index contributed by atoms with van der Waals surface area (Å²) in [5.74, 6) is -0.540. The quantitative estimate of drug-likeness (QED) is 0.519. The number of aliphatic hydroxyl groups excluding tert-OH is 1. The minimum absolute atomic E-state index is 0.0912. The third-order valence-electron chi connectivity index (χ3n) is 6.03. The molecule has 11 heteroatoms. The molecule has 0 aliphatic carbocycles. The summed E-state index contributed by atoms with van der Waals surface area (Å²) in [4.78, 5) is 19.0. The number of alkyl halides is 3. The first-order chi connectivity index (χ1) is 16.6.